The van der Waals surface area contributed by atoms with Crippen LogP contribution in [0.3, 0.4) is 0 Å². The van der Waals surface area contributed by atoms with Crippen LogP contribution in [-0.2, 0) is 14.3 Å². The van der Waals surface area contributed by atoms with E-state index in [9.17, 15) is 14.7 Å². The highest BCUT2D eigenvalue weighted by Crippen LogP contribution is 1.98. The molecular weight excluding hydrogens is 198 g/mol. The van der Waals surface area contributed by atoms with Gasteiger partial charge in [-0.15, -0.1) is 0 Å². The van der Waals surface area contributed by atoms with Crippen molar-refractivity contribution in [1.29, 1.82) is 0 Å². The van der Waals surface area contributed by atoms with E-state index in [-0.39, 0.29) is 13.2 Å². The minimum Gasteiger partial charge on any atom is -0.544 e. The Labute approximate surface area is 89.5 Å². The van der Waals surface area contributed by atoms with Crippen LogP contribution in [-0.4, -0.2) is 50.2 Å². The van der Waals surface area contributed by atoms with E-state index in [0.29, 0.717) is 17.4 Å². The van der Waals surface area contributed by atoms with E-state index >= 15 is 0 Å². The summed E-state index contributed by atoms with van der Waals surface area (Å²) < 4.78 is 5.07. The molecule has 0 rings (SSSR count). The number of carboxylic acid groups (broad SMARTS) is 1. The van der Waals surface area contributed by atoms with Gasteiger partial charge in [-0.1, -0.05) is 6.58 Å². The van der Waals surface area contributed by atoms with E-state index in [0.717, 1.165) is 6.08 Å². The summed E-state index contributed by atoms with van der Waals surface area (Å²) in [6.45, 7) is 4.10. The normalized spacial score (nSPS) is 10.8. The van der Waals surface area contributed by atoms with Crippen LogP contribution in [0, 0.1) is 0 Å². The topological polar surface area (TPSA) is 66.4 Å². The molecule has 0 heterocycles. The first kappa shape index (κ1) is 13.6. The Morgan fingerprint density at radius 1 is 1.47 bits per heavy atom. The first-order chi connectivity index (χ1) is 6.87. The Morgan fingerprint density at radius 3 is 2.53 bits per heavy atom. The summed E-state index contributed by atoms with van der Waals surface area (Å²) in [6, 6.07) is 0. The van der Waals surface area contributed by atoms with Gasteiger partial charge in [0, 0.05) is 12.5 Å². The molecule has 0 aliphatic rings. The minimum atomic E-state index is -1.08. The van der Waals surface area contributed by atoms with Crippen LogP contribution >= 0.6 is 0 Å². The van der Waals surface area contributed by atoms with Gasteiger partial charge < -0.3 is 19.1 Å². The van der Waals surface area contributed by atoms with E-state index in [1.165, 1.54) is 0 Å². The number of ether oxygens (including phenoxy) is 1. The van der Waals surface area contributed by atoms with Gasteiger partial charge in [-0.2, -0.15) is 0 Å². The third-order valence-electron chi connectivity index (χ3n) is 1.88. The van der Waals surface area contributed by atoms with Crippen molar-refractivity contribution < 1.29 is 23.9 Å². The van der Waals surface area contributed by atoms with Gasteiger partial charge in [0.15, 0.2) is 0 Å². The fraction of sp³-hybridized carbons (Fsp3) is 0.600. The number of hydrogen-bond acceptors (Lipinski definition) is 4. The second kappa shape index (κ2) is 6.19. The quantitative estimate of drug-likeness (QED) is 0.235. The lowest BCUT2D eigenvalue weighted by atomic mass is 10.3. The molecule has 0 aromatic rings. The number of rotatable bonds is 7. The molecule has 0 saturated carbocycles. The summed E-state index contributed by atoms with van der Waals surface area (Å²) in [5, 5.41) is 10.4. The fourth-order valence-corrected chi connectivity index (χ4v) is 1.15. The van der Waals surface area contributed by atoms with Crippen molar-refractivity contribution in [3.05, 3.63) is 12.7 Å². The molecular formula is C10H17NO4. The number of carbonyl (C=O) groups is 2. The number of nitrogens with zero attached hydrogens (tertiary/aromatic N) is 1. The summed E-state index contributed by atoms with van der Waals surface area (Å²) in [5.74, 6) is -1.54. The first-order valence-electron chi connectivity index (χ1n) is 4.68. The predicted molar refractivity (Wildman–Crippen MR) is 52.6 cm³/mol. The molecule has 0 aromatic heterocycles. The molecule has 0 spiro atoms. The molecule has 5 heteroatoms. The highest BCUT2D eigenvalue weighted by Gasteiger charge is 2.14. The van der Waals surface area contributed by atoms with Crippen molar-refractivity contribution in [2.24, 2.45) is 0 Å². The third kappa shape index (κ3) is 7.69. The summed E-state index contributed by atoms with van der Waals surface area (Å²) in [7, 11) is 3.57. The molecule has 0 atom stereocenters. The number of likely N-dealkylation sites (N-methyl/N-ethyl adjacent to an activating group) is 1. The van der Waals surface area contributed by atoms with Crippen LogP contribution in [0.5, 0.6) is 0 Å². The van der Waals surface area contributed by atoms with Crippen molar-refractivity contribution in [3.63, 3.8) is 0 Å². The molecule has 0 aliphatic heterocycles. The van der Waals surface area contributed by atoms with Crippen LogP contribution in [0.25, 0.3) is 0 Å². The van der Waals surface area contributed by atoms with Crippen LogP contribution in [0.15, 0.2) is 12.7 Å². The van der Waals surface area contributed by atoms with Crippen LogP contribution in [0.2, 0.25) is 0 Å². The van der Waals surface area contributed by atoms with Gasteiger partial charge in [-0.05, 0) is 0 Å². The molecule has 0 radical (unpaired) electrons. The number of carbonyl (C=O) groups excluding carboxylic acids is 2. The van der Waals surface area contributed by atoms with Gasteiger partial charge in [0.2, 0.25) is 0 Å². The monoisotopic (exact) mass is 215 g/mol. The number of esters is 1. The molecule has 0 saturated heterocycles. The molecule has 86 valence electrons. The van der Waals surface area contributed by atoms with Gasteiger partial charge in [-0.3, -0.25) is 0 Å². The van der Waals surface area contributed by atoms with E-state index in [1.807, 2.05) is 0 Å². The zero-order valence-corrected chi connectivity index (χ0v) is 9.19. The number of aliphatic carboxylic acids is 1. The van der Waals surface area contributed by atoms with Crippen LogP contribution in [0.1, 0.15) is 6.42 Å². The summed E-state index contributed by atoms with van der Waals surface area (Å²) in [4.78, 5) is 21.0. The fourth-order valence-electron chi connectivity index (χ4n) is 1.15. The van der Waals surface area contributed by atoms with Crippen molar-refractivity contribution in [2.45, 2.75) is 6.42 Å². The average Bonchev–Trinajstić information content (AvgIpc) is 2.10. The van der Waals surface area contributed by atoms with Crippen LogP contribution < -0.4 is 5.11 Å². The number of carboxylic acids is 1. The van der Waals surface area contributed by atoms with Crippen molar-refractivity contribution in [2.75, 3.05) is 33.8 Å². The van der Waals surface area contributed by atoms with E-state index in [2.05, 4.69) is 6.58 Å². The van der Waals surface area contributed by atoms with Crippen LogP contribution in [0.4, 0.5) is 0 Å². The summed E-state index contributed by atoms with van der Waals surface area (Å²) >= 11 is 0. The molecule has 0 aliphatic carbocycles. The Balaban J connectivity index is 3.70. The smallest absolute Gasteiger partial charge is 0.330 e. The maximum absolute atomic E-state index is 10.7. The highest BCUT2D eigenvalue weighted by molar-refractivity contribution is 5.81. The van der Waals surface area contributed by atoms with E-state index < -0.39 is 11.9 Å². The van der Waals surface area contributed by atoms with Gasteiger partial charge in [0.05, 0.1) is 33.2 Å². The summed E-state index contributed by atoms with van der Waals surface area (Å²) in [6.07, 6.45) is 1.71. The Bertz CT molecular complexity index is 248. The van der Waals surface area contributed by atoms with E-state index in [1.54, 1.807) is 14.1 Å². The lowest BCUT2D eigenvalue weighted by Gasteiger charge is -2.29. The Hall–Kier alpha value is -1.36. The molecule has 0 bridgehead atoms. The molecule has 0 amide bonds. The molecule has 0 N–H and O–H groups in total. The van der Waals surface area contributed by atoms with Crippen molar-refractivity contribution in [3.8, 4) is 0 Å². The van der Waals surface area contributed by atoms with Gasteiger partial charge >= 0.3 is 5.97 Å². The maximum atomic E-state index is 10.7. The predicted octanol–water partition coefficient (Wildman–Crippen LogP) is -1.07. The maximum Gasteiger partial charge on any atom is 0.330 e. The SMILES string of the molecule is C=CC(=O)OCCC[N+](C)(C)CC(=O)[O-]. The van der Waals surface area contributed by atoms with E-state index in [4.69, 9.17) is 4.74 Å². The number of hydrogen-bond donors (Lipinski definition) is 0. The van der Waals surface area contributed by atoms with Gasteiger partial charge in [0.1, 0.15) is 6.54 Å². The molecule has 5 nitrogen and oxygen atoms in total. The molecule has 0 unspecified atom stereocenters. The molecule has 0 aromatic carbocycles. The Morgan fingerprint density at radius 2 is 2.07 bits per heavy atom. The molecule has 0 fully saturated rings. The molecule has 15 heavy (non-hydrogen) atoms. The lowest BCUT2D eigenvalue weighted by Crippen LogP contribution is -2.49. The Kier molecular flexibility index (Phi) is 5.62. The summed E-state index contributed by atoms with van der Waals surface area (Å²) in [5.41, 5.74) is 0. The van der Waals surface area contributed by atoms with Crippen molar-refractivity contribution in [1.82, 2.24) is 0 Å². The van der Waals surface area contributed by atoms with Gasteiger partial charge in [0.25, 0.3) is 0 Å². The first-order valence-corrected chi connectivity index (χ1v) is 4.68. The third-order valence-corrected chi connectivity index (χ3v) is 1.88. The standard InChI is InChI=1S/C10H17NO4/c1-4-10(14)15-7-5-6-11(2,3)8-9(12)13/h4H,1,5-8H2,2-3H3. The largest absolute Gasteiger partial charge is 0.544 e. The van der Waals surface area contributed by atoms with Gasteiger partial charge in [-0.25, -0.2) is 4.79 Å². The highest BCUT2D eigenvalue weighted by atomic mass is 16.5. The average molecular weight is 215 g/mol. The lowest BCUT2D eigenvalue weighted by molar-refractivity contribution is -0.885. The minimum absolute atomic E-state index is 0.0462. The zero-order chi connectivity index (χ0) is 11.9. The van der Waals surface area contributed by atoms with Crippen molar-refractivity contribution >= 4 is 11.9 Å². The zero-order valence-electron chi connectivity index (χ0n) is 9.19. The second-order valence-electron chi connectivity index (χ2n) is 3.91. The second-order valence-corrected chi connectivity index (χ2v) is 3.91. The number of quaternary nitrogens is 1.